The summed E-state index contributed by atoms with van der Waals surface area (Å²) < 4.78 is 0. The van der Waals surface area contributed by atoms with Crippen LogP contribution in [0.25, 0.3) is 0 Å². The highest BCUT2D eigenvalue weighted by molar-refractivity contribution is 7.14. The molecule has 0 radical (unpaired) electrons. The van der Waals surface area contributed by atoms with Gasteiger partial charge in [0.25, 0.3) is 5.91 Å². The number of aromatic nitrogens is 1. The van der Waals surface area contributed by atoms with Crippen LogP contribution in [0.15, 0.2) is 30.5 Å². The topological polar surface area (TPSA) is 42.0 Å². The van der Waals surface area contributed by atoms with Gasteiger partial charge in [-0.3, -0.25) is 9.78 Å². The fourth-order valence-corrected chi connectivity index (χ4v) is 2.64. The van der Waals surface area contributed by atoms with Crippen LogP contribution in [-0.2, 0) is 6.54 Å². The summed E-state index contributed by atoms with van der Waals surface area (Å²) in [6, 6.07) is 7.38. The number of thiophene rings is 1. The van der Waals surface area contributed by atoms with E-state index in [1.165, 1.54) is 11.3 Å². The molecule has 1 amide bonds. The second-order valence-corrected chi connectivity index (χ2v) is 5.20. The van der Waals surface area contributed by atoms with Crippen LogP contribution < -0.4 is 5.32 Å². The van der Waals surface area contributed by atoms with Crippen molar-refractivity contribution in [1.82, 2.24) is 10.3 Å². The van der Waals surface area contributed by atoms with Crippen molar-refractivity contribution in [1.29, 1.82) is 0 Å². The first kappa shape index (κ1) is 12.1. The van der Waals surface area contributed by atoms with E-state index in [2.05, 4.69) is 10.3 Å². The van der Waals surface area contributed by atoms with E-state index in [1.54, 1.807) is 12.3 Å². The molecule has 2 heterocycles. The molecule has 0 unspecified atom stereocenters. The third-order valence-corrected chi connectivity index (χ3v) is 3.63. The quantitative estimate of drug-likeness (QED) is 0.928. The monoisotopic (exact) mass is 266 g/mol. The second kappa shape index (κ2) is 5.29. The maximum Gasteiger partial charge on any atom is 0.263 e. The Morgan fingerprint density at radius 3 is 2.94 bits per heavy atom. The molecular formula is C12H11ClN2OS. The Balaban J connectivity index is 2.01. The Labute approximate surface area is 108 Å². The van der Waals surface area contributed by atoms with Gasteiger partial charge >= 0.3 is 0 Å². The van der Waals surface area contributed by atoms with Crippen LogP contribution in [0.3, 0.4) is 0 Å². The third-order valence-electron chi connectivity index (χ3n) is 2.17. The molecule has 17 heavy (non-hydrogen) atoms. The van der Waals surface area contributed by atoms with Crippen molar-refractivity contribution in [2.45, 2.75) is 13.5 Å². The van der Waals surface area contributed by atoms with Gasteiger partial charge in [-0.25, -0.2) is 0 Å². The highest BCUT2D eigenvalue weighted by Crippen LogP contribution is 2.26. The lowest BCUT2D eigenvalue weighted by Gasteiger charge is -2.03. The Hall–Kier alpha value is -1.39. The normalized spacial score (nSPS) is 10.2. The van der Waals surface area contributed by atoms with Crippen LogP contribution in [0.1, 0.15) is 20.2 Å². The molecule has 0 aliphatic carbocycles. The Kier molecular flexibility index (Phi) is 3.76. The maximum atomic E-state index is 11.8. The number of pyridine rings is 1. The molecule has 0 fully saturated rings. The molecule has 1 N–H and O–H groups in total. The molecule has 88 valence electrons. The number of rotatable bonds is 3. The first-order valence-electron chi connectivity index (χ1n) is 5.11. The molecule has 0 aromatic carbocycles. The lowest BCUT2D eigenvalue weighted by molar-refractivity contribution is 0.0954. The molecule has 0 spiro atoms. The summed E-state index contributed by atoms with van der Waals surface area (Å²) in [5.41, 5.74) is 0.824. The minimum Gasteiger partial charge on any atom is -0.346 e. The lowest BCUT2D eigenvalue weighted by Crippen LogP contribution is -2.22. The van der Waals surface area contributed by atoms with Crippen LogP contribution in [0.5, 0.6) is 0 Å². The summed E-state index contributed by atoms with van der Waals surface area (Å²) in [4.78, 5) is 17.5. The second-order valence-electron chi connectivity index (χ2n) is 3.54. The Morgan fingerprint density at radius 2 is 2.35 bits per heavy atom. The summed E-state index contributed by atoms with van der Waals surface area (Å²) in [6.07, 6.45) is 1.70. The molecule has 0 aliphatic rings. The zero-order valence-electron chi connectivity index (χ0n) is 9.24. The van der Waals surface area contributed by atoms with Gasteiger partial charge < -0.3 is 5.32 Å². The van der Waals surface area contributed by atoms with Gasteiger partial charge in [0.05, 0.1) is 17.3 Å². The van der Waals surface area contributed by atoms with E-state index in [-0.39, 0.29) is 5.91 Å². The fraction of sp³-hybridized carbons (Fsp3) is 0.167. The summed E-state index contributed by atoms with van der Waals surface area (Å²) >= 11 is 7.35. The van der Waals surface area contributed by atoms with Crippen LogP contribution in [0.4, 0.5) is 0 Å². The van der Waals surface area contributed by atoms with E-state index >= 15 is 0 Å². The smallest absolute Gasteiger partial charge is 0.263 e. The van der Waals surface area contributed by atoms with Crippen LogP contribution in [0.2, 0.25) is 5.02 Å². The number of amides is 1. The van der Waals surface area contributed by atoms with Crippen molar-refractivity contribution in [2.75, 3.05) is 0 Å². The average Bonchev–Trinajstić information content (AvgIpc) is 2.67. The van der Waals surface area contributed by atoms with Crippen molar-refractivity contribution in [3.05, 3.63) is 50.9 Å². The molecule has 2 rings (SSSR count). The van der Waals surface area contributed by atoms with Crippen molar-refractivity contribution in [2.24, 2.45) is 0 Å². The number of nitrogens with one attached hydrogen (secondary N) is 1. The molecule has 0 atom stereocenters. The van der Waals surface area contributed by atoms with E-state index in [1.807, 2.05) is 25.1 Å². The summed E-state index contributed by atoms with van der Waals surface area (Å²) in [6.45, 7) is 2.33. The van der Waals surface area contributed by atoms with Gasteiger partial charge in [0.15, 0.2) is 0 Å². The van der Waals surface area contributed by atoms with Crippen LogP contribution in [-0.4, -0.2) is 10.9 Å². The highest BCUT2D eigenvalue weighted by Gasteiger charge is 2.13. The molecule has 5 heteroatoms. The zero-order valence-corrected chi connectivity index (χ0v) is 10.8. The molecule has 0 aliphatic heterocycles. The van der Waals surface area contributed by atoms with Crippen molar-refractivity contribution in [3.8, 4) is 0 Å². The summed E-state index contributed by atoms with van der Waals surface area (Å²) in [5.74, 6) is -0.154. The first-order valence-corrected chi connectivity index (χ1v) is 6.30. The van der Waals surface area contributed by atoms with Gasteiger partial charge in [0, 0.05) is 11.1 Å². The maximum absolute atomic E-state index is 11.8. The number of hydrogen-bond donors (Lipinski definition) is 1. The Morgan fingerprint density at radius 1 is 1.53 bits per heavy atom. The molecule has 2 aromatic heterocycles. The van der Waals surface area contributed by atoms with Gasteiger partial charge in [-0.15, -0.1) is 11.3 Å². The average molecular weight is 267 g/mol. The number of hydrogen-bond acceptors (Lipinski definition) is 3. The predicted molar refractivity (Wildman–Crippen MR) is 69.5 cm³/mol. The number of nitrogens with zero attached hydrogens (tertiary/aromatic N) is 1. The first-order chi connectivity index (χ1) is 8.16. The van der Waals surface area contributed by atoms with Crippen molar-refractivity contribution >= 4 is 28.8 Å². The fourth-order valence-electron chi connectivity index (χ4n) is 1.39. The van der Waals surface area contributed by atoms with Crippen LogP contribution in [0, 0.1) is 6.92 Å². The molecule has 0 bridgehead atoms. The van der Waals surface area contributed by atoms with Crippen molar-refractivity contribution < 1.29 is 4.79 Å². The molecule has 0 saturated carbocycles. The van der Waals surface area contributed by atoms with Crippen molar-refractivity contribution in [3.63, 3.8) is 0 Å². The minimum absolute atomic E-state index is 0.154. The lowest BCUT2D eigenvalue weighted by atomic mass is 10.3. The van der Waals surface area contributed by atoms with Gasteiger partial charge in [-0.1, -0.05) is 17.7 Å². The predicted octanol–water partition coefficient (Wildman–Crippen LogP) is 3.03. The van der Waals surface area contributed by atoms with E-state index in [0.29, 0.717) is 16.4 Å². The minimum atomic E-state index is -0.154. The third kappa shape index (κ3) is 3.05. The molecule has 3 nitrogen and oxygen atoms in total. The van der Waals surface area contributed by atoms with Gasteiger partial charge in [0.2, 0.25) is 0 Å². The van der Waals surface area contributed by atoms with Gasteiger partial charge in [0.1, 0.15) is 4.88 Å². The molecular weight excluding hydrogens is 256 g/mol. The van der Waals surface area contributed by atoms with E-state index < -0.39 is 0 Å². The molecule has 0 saturated heterocycles. The number of carbonyl (C=O) groups is 1. The van der Waals surface area contributed by atoms with Crippen LogP contribution >= 0.6 is 22.9 Å². The Bertz CT molecular complexity index is 525. The summed E-state index contributed by atoms with van der Waals surface area (Å²) in [7, 11) is 0. The van der Waals surface area contributed by atoms with Gasteiger partial charge in [-0.05, 0) is 25.1 Å². The zero-order chi connectivity index (χ0) is 12.3. The largest absolute Gasteiger partial charge is 0.346 e. The molecule has 2 aromatic rings. The number of aryl methyl sites for hydroxylation is 1. The standard InChI is InChI=1S/C12H11ClN2OS/c1-8-6-10(13)11(17-8)12(16)15-7-9-4-2-3-5-14-9/h2-6H,7H2,1H3,(H,15,16). The summed E-state index contributed by atoms with van der Waals surface area (Å²) in [5, 5.41) is 3.30. The van der Waals surface area contributed by atoms with E-state index in [9.17, 15) is 4.79 Å². The number of halogens is 1. The van der Waals surface area contributed by atoms with Gasteiger partial charge in [-0.2, -0.15) is 0 Å². The number of carbonyl (C=O) groups excluding carboxylic acids is 1. The van der Waals surface area contributed by atoms with E-state index in [0.717, 1.165) is 10.6 Å². The highest BCUT2D eigenvalue weighted by atomic mass is 35.5. The van der Waals surface area contributed by atoms with E-state index in [4.69, 9.17) is 11.6 Å². The SMILES string of the molecule is Cc1cc(Cl)c(C(=O)NCc2ccccn2)s1.